The number of rotatable bonds is 3. The minimum Gasteiger partial charge on any atom is -0.399 e. The zero-order chi connectivity index (χ0) is 16.7. The van der Waals surface area contributed by atoms with Gasteiger partial charge in [0.05, 0.1) is 11.5 Å². The minimum absolute atomic E-state index is 0.0820. The van der Waals surface area contributed by atoms with Crippen molar-refractivity contribution in [1.82, 2.24) is 5.32 Å². The van der Waals surface area contributed by atoms with Crippen molar-refractivity contribution in [2.75, 3.05) is 5.73 Å². The van der Waals surface area contributed by atoms with Crippen LogP contribution in [0.4, 0.5) is 5.69 Å². The zero-order valence-electron chi connectivity index (χ0n) is 13.5. The number of anilines is 1. The molecule has 0 spiro atoms. The van der Waals surface area contributed by atoms with Crippen LogP contribution in [0.25, 0.3) is 0 Å². The summed E-state index contributed by atoms with van der Waals surface area (Å²) in [4.78, 5) is 13.0. The number of nitrogens with two attached hydrogens (primary N) is 1. The summed E-state index contributed by atoms with van der Waals surface area (Å²) in [5.74, 6) is 0.124. The van der Waals surface area contributed by atoms with Gasteiger partial charge in [0.15, 0.2) is 0 Å². The number of nitrogen functional groups attached to an aromatic ring is 1. The molecular formula is C20H21ClN2O. The fraction of sp³-hybridized carbons (Fsp3) is 0.350. The largest absolute Gasteiger partial charge is 0.399 e. The lowest BCUT2D eigenvalue weighted by Crippen LogP contribution is -2.38. The summed E-state index contributed by atoms with van der Waals surface area (Å²) in [5, 5.41) is 3.98. The first kappa shape index (κ1) is 15.5. The molecule has 1 fully saturated rings. The number of hydrogen-bond donors (Lipinski definition) is 2. The molecule has 1 saturated carbocycles. The van der Waals surface area contributed by atoms with Crippen molar-refractivity contribution < 1.29 is 4.79 Å². The van der Waals surface area contributed by atoms with E-state index in [1.54, 1.807) is 0 Å². The third kappa shape index (κ3) is 2.67. The van der Waals surface area contributed by atoms with Crippen molar-refractivity contribution in [3.05, 3.63) is 64.2 Å². The Morgan fingerprint density at radius 2 is 2.04 bits per heavy atom. The molecule has 124 valence electrons. The van der Waals surface area contributed by atoms with Gasteiger partial charge in [-0.25, -0.2) is 0 Å². The number of amides is 1. The first-order valence-corrected chi connectivity index (χ1v) is 8.92. The molecule has 1 amide bonds. The number of carbonyl (C=O) groups is 1. The second-order valence-corrected chi connectivity index (χ2v) is 7.41. The van der Waals surface area contributed by atoms with E-state index in [0.29, 0.717) is 5.02 Å². The van der Waals surface area contributed by atoms with E-state index in [1.807, 2.05) is 36.4 Å². The van der Waals surface area contributed by atoms with Crippen molar-refractivity contribution >= 4 is 23.2 Å². The maximum Gasteiger partial charge on any atom is 0.231 e. The van der Waals surface area contributed by atoms with E-state index < -0.39 is 5.41 Å². The molecule has 3 N–H and O–H groups in total. The van der Waals surface area contributed by atoms with Gasteiger partial charge in [-0.05, 0) is 73.1 Å². The van der Waals surface area contributed by atoms with E-state index >= 15 is 0 Å². The second kappa shape index (κ2) is 5.82. The lowest BCUT2D eigenvalue weighted by atomic mass is 9.86. The third-order valence-corrected chi connectivity index (χ3v) is 5.58. The van der Waals surface area contributed by atoms with E-state index in [1.165, 1.54) is 11.1 Å². The monoisotopic (exact) mass is 340 g/mol. The lowest BCUT2D eigenvalue weighted by Gasteiger charge is -2.28. The van der Waals surface area contributed by atoms with Crippen LogP contribution in [0.15, 0.2) is 42.5 Å². The predicted octanol–water partition coefficient (Wildman–Crippen LogP) is 4.15. The fourth-order valence-corrected chi connectivity index (χ4v) is 4.03. The highest BCUT2D eigenvalue weighted by molar-refractivity contribution is 6.30. The normalized spacial score (nSPS) is 21.0. The van der Waals surface area contributed by atoms with Gasteiger partial charge in [0.25, 0.3) is 0 Å². The van der Waals surface area contributed by atoms with Crippen LogP contribution in [0, 0.1) is 0 Å². The van der Waals surface area contributed by atoms with Crippen molar-refractivity contribution in [3.8, 4) is 0 Å². The molecule has 1 unspecified atom stereocenters. The highest BCUT2D eigenvalue weighted by Gasteiger charge is 2.51. The molecule has 2 aromatic carbocycles. The van der Waals surface area contributed by atoms with Gasteiger partial charge < -0.3 is 11.1 Å². The lowest BCUT2D eigenvalue weighted by molar-refractivity contribution is -0.124. The Labute approximate surface area is 147 Å². The Kier molecular flexibility index (Phi) is 3.76. The van der Waals surface area contributed by atoms with E-state index in [2.05, 4.69) is 11.4 Å². The Morgan fingerprint density at radius 1 is 1.21 bits per heavy atom. The topological polar surface area (TPSA) is 55.1 Å². The number of carbonyl (C=O) groups excluding carboxylic acids is 1. The smallest absolute Gasteiger partial charge is 0.231 e. The van der Waals surface area contributed by atoms with Gasteiger partial charge in [-0.2, -0.15) is 0 Å². The number of fused-ring (bicyclic) bond motifs is 1. The molecule has 3 nitrogen and oxygen atoms in total. The van der Waals surface area contributed by atoms with Crippen LogP contribution in [0.2, 0.25) is 5.02 Å². The fourth-order valence-electron chi connectivity index (χ4n) is 3.84. The van der Waals surface area contributed by atoms with E-state index in [-0.39, 0.29) is 11.9 Å². The van der Waals surface area contributed by atoms with Crippen LogP contribution >= 0.6 is 11.6 Å². The number of aryl methyl sites for hydroxylation is 1. The predicted molar refractivity (Wildman–Crippen MR) is 97.0 cm³/mol. The number of benzene rings is 2. The van der Waals surface area contributed by atoms with Crippen molar-refractivity contribution in [3.63, 3.8) is 0 Å². The third-order valence-electron chi connectivity index (χ3n) is 5.35. The highest BCUT2D eigenvalue weighted by atomic mass is 35.5. The molecule has 0 radical (unpaired) electrons. The van der Waals surface area contributed by atoms with E-state index in [0.717, 1.165) is 43.4 Å². The van der Waals surface area contributed by atoms with Gasteiger partial charge in [-0.15, -0.1) is 0 Å². The first-order valence-electron chi connectivity index (χ1n) is 8.54. The van der Waals surface area contributed by atoms with Crippen LogP contribution in [0.5, 0.6) is 0 Å². The van der Waals surface area contributed by atoms with Gasteiger partial charge in [0.2, 0.25) is 5.91 Å². The van der Waals surface area contributed by atoms with Gasteiger partial charge in [0, 0.05) is 10.7 Å². The summed E-state index contributed by atoms with van der Waals surface area (Å²) in [6.07, 6.45) is 4.87. The number of halogens is 1. The Hall–Kier alpha value is -2.00. The highest BCUT2D eigenvalue weighted by Crippen LogP contribution is 2.49. The summed E-state index contributed by atoms with van der Waals surface area (Å²) in [7, 11) is 0. The summed E-state index contributed by atoms with van der Waals surface area (Å²) in [6, 6.07) is 13.8. The SMILES string of the molecule is Nc1ccc2c(c1)CCCC2NC(=O)C1(c2cccc(Cl)c2)CC1. The molecule has 2 aliphatic carbocycles. The molecule has 4 heteroatoms. The van der Waals surface area contributed by atoms with Crippen LogP contribution in [0.1, 0.15) is 48.4 Å². The van der Waals surface area contributed by atoms with Gasteiger partial charge >= 0.3 is 0 Å². The van der Waals surface area contributed by atoms with Crippen molar-refractivity contribution in [1.29, 1.82) is 0 Å². The van der Waals surface area contributed by atoms with Gasteiger partial charge in [0.1, 0.15) is 0 Å². The molecular weight excluding hydrogens is 320 g/mol. The van der Waals surface area contributed by atoms with Gasteiger partial charge in [-0.3, -0.25) is 4.79 Å². The van der Waals surface area contributed by atoms with Crippen LogP contribution in [-0.2, 0) is 16.6 Å². The quantitative estimate of drug-likeness (QED) is 0.825. The molecule has 24 heavy (non-hydrogen) atoms. The summed E-state index contributed by atoms with van der Waals surface area (Å²) in [5.41, 5.74) is 9.80. The summed E-state index contributed by atoms with van der Waals surface area (Å²) < 4.78 is 0. The Bertz CT molecular complexity index is 798. The Balaban J connectivity index is 1.57. The van der Waals surface area contributed by atoms with Gasteiger partial charge in [-0.1, -0.05) is 29.8 Å². The van der Waals surface area contributed by atoms with Crippen LogP contribution in [0.3, 0.4) is 0 Å². The maximum absolute atomic E-state index is 13.0. The maximum atomic E-state index is 13.0. The average Bonchev–Trinajstić information content (AvgIpc) is 3.36. The molecule has 0 aromatic heterocycles. The van der Waals surface area contributed by atoms with Crippen molar-refractivity contribution in [2.45, 2.75) is 43.6 Å². The summed E-state index contributed by atoms with van der Waals surface area (Å²) >= 11 is 6.11. The van der Waals surface area contributed by atoms with E-state index in [9.17, 15) is 4.79 Å². The average molecular weight is 341 g/mol. The molecule has 0 heterocycles. The summed E-state index contributed by atoms with van der Waals surface area (Å²) in [6.45, 7) is 0. The zero-order valence-corrected chi connectivity index (χ0v) is 14.3. The standard InChI is InChI=1S/C20H21ClN2O/c21-15-5-2-4-14(12-15)20(9-10-20)19(24)23-18-6-1-3-13-11-16(22)7-8-17(13)18/h2,4-5,7-8,11-12,18H,1,3,6,9-10,22H2,(H,23,24). The molecule has 0 aliphatic heterocycles. The molecule has 1 atom stereocenters. The molecule has 2 aliphatic rings. The molecule has 2 aromatic rings. The van der Waals surface area contributed by atoms with Crippen molar-refractivity contribution in [2.24, 2.45) is 0 Å². The first-order chi connectivity index (χ1) is 11.6. The number of hydrogen-bond acceptors (Lipinski definition) is 2. The number of nitrogens with one attached hydrogen (secondary N) is 1. The second-order valence-electron chi connectivity index (χ2n) is 6.97. The minimum atomic E-state index is -0.393. The molecule has 4 rings (SSSR count). The van der Waals surface area contributed by atoms with E-state index in [4.69, 9.17) is 17.3 Å². The Morgan fingerprint density at radius 3 is 2.79 bits per heavy atom. The van der Waals surface area contributed by atoms with Crippen LogP contribution in [-0.4, -0.2) is 5.91 Å². The van der Waals surface area contributed by atoms with Crippen LogP contribution < -0.4 is 11.1 Å². The molecule has 0 bridgehead atoms. The molecule has 0 saturated heterocycles.